The molecule has 0 spiro atoms. The van der Waals surface area contributed by atoms with Crippen LogP contribution in [0.25, 0.3) is 0 Å². The zero-order valence-corrected chi connectivity index (χ0v) is 11.5. The van der Waals surface area contributed by atoms with E-state index in [2.05, 4.69) is 39.8 Å². The first-order valence-electron chi connectivity index (χ1n) is 7.29. The topological polar surface area (TPSA) is 33.1 Å². The van der Waals surface area contributed by atoms with Crippen molar-refractivity contribution in [1.29, 1.82) is 0 Å². The summed E-state index contributed by atoms with van der Waals surface area (Å²) in [6.07, 6.45) is 6.08. The van der Waals surface area contributed by atoms with Crippen molar-refractivity contribution in [2.45, 2.75) is 39.2 Å². The summed E-state index contributed by atoms with van der Waals surface area (Å²) in [7, 11) is 0. The third kappa shape index (κ3) is 2.14. The normalized spacial score (nSPS) is 30.7. The first-order valence-corrected chi connectivity index (χ1v) is 7.29. The highest BCUT2D eigenvalue weighted by Crippen LogP contribution is 2.37. The lowest BCUT2D eigenvalue weighted by molar-refractivity contribution is 0.0579. The number of hydrogen-bond acceptors (Lipinski definition) is 3. The van der Waals surface area contributed by atoms with E-state index >= 15 is 0 Å². The molecule has 1 aromatic rings. The molecular weight excluding hydrogens is 224 g/mol. The summed E-state index contributed by atoms with van der Waals surface area (Å²) in [4.78, 5) is 7.24. The second-order valence-corrected chi connectivity index (χ2v) is 5.75. The van der Waals surface area contributed by atoms with Crippen molar-refractivity contribution in [3.8, 4) is 0 Å². The summed E-state index contributed by atoms with van der Waals surface area (Å²) in [5, 5.41) is 3.47. The maximum absolute atomic E-state index is 4.64. The lowest BCUT2D eigenvalue weighted by Crippen LogP contribution is -2.48. The van der Waals surface area contributed by atoms with Gasteiger partial charge in [-0.15, -0.1) is 0 Å². The third-order valence-electron chi connectivity index (χ3n) is 4.36. The van der Waals surface area contributed by atoms with Gasteiger partial charge in [0.1, 0.15) is 0 Å². The molecule has 3 aliphatic rings. The Morgan fingerprint density at radius 1 is 1.39 bits per heavy atom. The zero-order chi connectivity index (χ0) is 12.5. The Hall–Kier alpha value is -1.03. The Morgan fingerprint density at radius 3 is 2.78 bits per heavy atom. The van der Waals surface area contributed by atoms with E-state index in [4.69, 9.17) is 0 Å². The van der Waals surface area contributed by atoms with Crippen molar-refractivity contribution in [3.63, 3.8) is 0 Å². The number of fused-ring (bicyclic) bond motifs is 3. The number of rotatable bonds is 4. The Morgan fingerprint density at radius 2 is 2.17 bits per heavy atom. The van der Waals surface area contributed by atoms with E-state index in [-0.39, 0.29) is 0 Å². The minimum absolute atomic E-state index is 0.632. The van der Waals surface area contributed by atoms with Gasteiger partial charge < -0.3 is 14.8 Å². The molecule has 1 N–H and O–H groups in total. The molecule has 4 rings (SSSR count). The quantitative estimate of drug-likeness (QED) is 0.887. The fourth-order valence-corrected chi connectivity index (χ4v) is 3.39. The molecule has 100 valence electrons. The van der Waals surface area contributed by atoms with Gasteiger partial charge in [-0.25, -0.2) is 4.98 Å². The number of piperidine rings is 3. The molecule has 0 amide bonds. The second kappa shape index (κ2) is 4.92. The maximum atomic E-state index is 4.64. The van der Waals surface area contributed by atoms with E-state index in [9.17, 15) is 0 Å². The smallest absolute Gasteiger partial charge is 0.203 e. The van der Waals surface area contributed by atoms with Crippen molar-refractivity contribution >= 4 is 5.95 Å². The molecule has 1 atom stereocenters. The van der Waals surface area contributed by atoms with Crippen LogP contribution in [0.15, 0.2) is 6.20 Å². The molecule has 0 aromatic carbocycles. The van der Waals surface area contributed by atoms with Crippen LogP contribution in [0.2, 0.25) is 0 Å². The lowest BCUT2D eigenvalue weighted by atomic mass is 9.84. The van der Waals surface area contributed by atoms with E-state index in [0.29, 0.717) is 6.04 Å². The fraction of sp³-hybridized carbons (Fsp3) is 0.786. The van der Waals surface area contributed by atoms with Gasteiger partial charge in [0.2, 0.25) is 5.95 Å². The van der Waals surface area contributed by atoms with E-state index < -0.39 is 0 Å². The third-order valence-corrected chi connectivity index (χ3v) is 4.36. The minimum atomic E-state index is 0.632. The van der Waals surface area contributed by atoms with Crippen LogP contribution < -0.4 is 5.32 Å². The molecule has 4 heteroatoms. The SMILES string of the molecule is CCCNc1nc(C)cn1C1CN2CCC1CC2. The van der Waals surface area contributed by atoms with Gasteiger partial charge in [-0.2, -0.15) is 0 Å². The summed E-state index contributed by atoms with van der Waals surface area (Å²) < 4.78 is 2.40. The Kier molecular flexibility index (Phi) is 3.29. The zero-order valence-electron chi connectivity index (χ0n) is 11.5. The number of aryl methyl sites for hydroxylation is 1. The minimum Gasteiger partial charge on any atom is -0.356 e. The summed E-state index contributed by atoms with van der Waals surface area (Å²) in [5.41, 5.74) is 1.13. The van der Waals surface area contributed by atoms with Crippen molar-refractivity contribution in [3.05, 3.63) is 11.9 Å². The molecule has 4 heterocycles. The Labute approximate surface area is 109 Å². The van der Waals surface area contributed by atoms with Crippen LogP contribution in [0.3, 0.4) is 0 Å². The van der Waals surface area contributed by atoms with Gasteiger partial charge in [0.15, 0.2) is 0 Å². The lowest BCUT2D eigenvalue weighted by Gasteiger charge is -2.45. The van der Waals surface area contributed by atoms with Gasteiger partial charge in [-0.1, -0.05) is 6.92 Å². The Bertz CT molecular complexity index is 404. The number of imidazole rings is 1. The fourth-order valence-electron chi connectivity index (χ4n) is 3.39. The maximum Gasteiger partial charge on any atom is 0.203 e. The molecule has 3 fully saturated rings. The van der Waals surface area contributed by atoms with Crippen molar-refractivity contribution in [2.24, 2.45) is 5.92 Å². The summed E-state index contributed by atoms with van der Waals surface area (Å²) >= 11 is 0. The summed E-state index contributed by atoms with van der Waals surface area (Å²) in [5.74, 6) is 1.93. The molecule has 0 aliphatic carbocycles. The average molecular weight is 248 g/mol. The number of nitrogens with one attached hydrogen (secondary N) is 1. The van der Waals surface area contributed by atoms with Crippen LogP contribution in [0.1, 0.15) is 37.9 Å². The first kappa shape index (κ1) is 12.0. The molecule has 0 saturated carbocycles. The predicted molar refractivity (Wildman–Crippen MR) is 73.9 cm³/mol. The predicted octanol–water partition coefficient (Wildman–Crippen LogP) is 2.28. The molecule has 4 nitrogen and oxygen atoms in total. The van der Waals surface area contributed by atoms with Crippen molar-refractivity contribution < 1.29 is 0 Å². The molecule has 0 radical (unpaired) electrons. The first-order chi connectivity index (χ1) is 8.78. The van der Waals surface area contributed by atoms with Crippen LogP contribution >= 0.6 is 0 Å². The Balaban J connectivity index is 1.82. The van der Waals surface area contributed by atoms with Crippen LogP contribution in [0, 0.1) is 12.8 Å². The summed E-state index contributed by atoms with van der Waals surface area (Å²) in [6.45, 7) is 9.11. The molecule has 2 bridgehead atoms. The second-order valence-electron chi connectivity index (χ2n) is 5.75. The molecule has 1 aromatic heterocycles. The van der Waals surface area contributed by atoms with Gasteiger partial charge in [0, 0.05) is 19.3 Å². The highest BCUT2D eigenvalue weighted by atomic mass is 15.3. The highest BCUT2D eigenvalue weighted by Gasteiger charge is 2.36. The van der Waals surface area contributed by atoms with Gasteiger partial charge in [0.05, 0.1) is 11.7 Å². The highest BCUT2D eigenvalue weighted by molar-refractivity contribution is 5.30. The van der Waals surface area contributed by atoms with E-state index in [0.717, 1.165) is 30.5 Å². The van der Waals surface area contributed by atoms with Gasteiger partial charge in [0.25, 0.3) is 0 Å². The van der Waals surface area contributed by atoms with Crippen LogP contribution in [0.5, 0.6) is 0 Å². The molecule has 3 saturated heterocycles. The summed E-state index contributed by atoms with van der Waals surface area (Å²) in [6, 6.07) is 0.632. The van der Waals surface area contributed by atoms with Crippen molar-refractivity contribution in [1.82, 2.24) is 14.5 Å². The van der Waals surface area contributed by atoms with E-state index in [1.54, 1.807) is 0 Å². The van der Waals surface area contributed by atoms with Gasteiger partial charge in [-0.05, 0) is 45.2 Å². The van der Waals surface area contributed by atoms with Crippen LogP contribution in [0.4, 0.5) is 5.95 Å². The van der Waals surface area contributed by atoms with Crippen LogP contribution in [-0.2, 0) is 0 Å². The van der Waals surface area contributed by atoms with Crippen molar-refractivity contribution in [2.75, 3.05) is 31.5 Å². The largest absolute Gasteiger partial charge is 0.356 e. The number of nitrogens with zero attached hydrogens (tertiary/aromatic N) is 3. The number of anilines is 1. The van der Waals surface area contributed by atoms with Crippen LogP contribution in [-0.4, -0.2) is 40.6 Å². The van der Waals surface area contributed by atoms with E-state index in [1.165, 1.54) is 32.5 Å². The van der Waals surface area contributed by atoms with Gasteiger partial charge in [-0.3, -0.25) is 0 Å². The molecule has 1 unspecified atom stereocenters. The molecule has 18 heavy (non-hydrogen) atoms. The average Bonchev–Trinajstić information content (AvgIpc) is 2.79. The van der Waals surface area contributed by atoms with Gasteiger partial charge >= 0.3 is 0 Å². The standard InChI is InChI=1S/C14H24N4/c1-3-6-15-14-16-11(2)9-18(14)13-10-17-7-4-12(13)5-8-17/h9,12-13H,3-8,10H2,1-2H3,(H,15,16). The van der Waals surface area contributed by atoms with E-state index in [1.807, 2.05) is 0 Å². The molecule has 3 aliphatic heterocycles. The molecular formula is C14H24N4. The number of aromatic nitrogens is 2. The number of hydrogen-bond donors (Lipinski definition) is 1. The monoisotopic (exact) mass is 248 g/mol.